The minimum Gasteiger partial charge on any atom is -0.198 e. The van der Waals surface area contributed by atoms with Crippen molar-refractivity contribution in [2.24, 2.45) is 5.92 Å². The average molecular weight is 143 g/mol. The number of rotatable bonds is 1. The van der Waals surface area contributed by atoms with Crippen LogP contribution in [-0.2, 0) is 0 Å². The van der Waals surface area contributed by atoms with Crippen molar-refractivity contribution in [2.45, 2.75) is 12.3 Å². The van der Waals surface area contributed by atoms with Crippen molar-refractivity contribution in [3.8, 4) is 6.07 Å². The first kappa shape index (κ1) is 6.42. The van der Waals surface area contributed by atoms with Crippen LogP contribution < -0.4 is 0 Å². The Balaban J connectivity index is 2.16. The molecule has 1 aliphatic carbocycles. The number of benzene rings is 1. The largest absolute Gasteiger partial charge is 0.198 e. The summed E-state index contributed by atoms with van der Waals surface area (Å²) in [7, 11) is 0. The molecular formula is C10H9N. The average Bonchev–Trinajstić information content (AvgIpc) is 2.85. The molecule has 0 aromatic heterocycles. The summed E-state index contributed by atoms with van der Waals surface area (Å²) in [6, 6.07) is 12.6. The molecule has 0 spiro atoms. The van der Waals surface area contributed by atoms with Crippen LogP contribution in [-0.4, -0.2) is 0 Å². The van der Waals surface area contributed by atoms with Crippen LogP contribution in [0.2, 0.25) is 0 Å². The highest BCUT2D eigenvalue weighted by atomic mass is 14.4. The fraction of sp³-hybridized carbons (Fsp3) is 0.300. The lowest BCUT2D eigenvalue weighted by Crippen LogP contribution is -1.78. The van der Waals surface area contributed by atoms with E-state index in [4.69, 9.17) is 5.26 Å². The molecule has 1 nitrogen and oxygen atoms in total. The van der Waals surface area contributed by atoms with E-state index in [1.807, 2.05) is 18.2 Å². The predicted molar refractivity (Wildman–Crippen MR) is 42.9 cm³/mol. The second-order valence-electron chi connectivity index (χ2n) is 2.99. The maximum atomic E-state index is 8.59. The van der Waals surface area contributed by atoms with Crippen molar-refractivity contribution >= 4 is 0 Å². The Bertz CT molecular complexity index is 283. The van der Waals surface area contributed by atoms with Crippen molar-refractivity contribution in [3.05, 3.63) is 35.9 Å². The van der Waals surface area contributed by atoms with Gasteiger partial charge in [0.05, 0.1) is 12.0 Å². The molecular weight excluding hydrogens is 134 g/mol. The molecule has 0 aliphatic heterocycles. The van der Waals surface area contributed by atoms with Gasteiger partial charge in [-0.1, -0.05) is 30.3 Å². The van der Waals surface area contributed by atoms with Crippen LogP contribution in [0.1, 0.15) is 17.9 Å². The molecule has 2 rings (SSSR count). The van der Waals surface area contributed by atoms with Crippen LogP contribution in [0.5, 0.6) is 0 Å². The van der Waals surface area contributed by atoms with Crippen molar-refractivity contribution in [3.63, 3.8) is 0 Å². The fourth-order valence-electron chi connectivity index (χ4n) is 1.41. The first-order valence-electron chi connectivity index (χ1n) is 3.86. The van der Waals surface area contributed by atoms with Crippen LogP contribution in [0.15, 0.2) is 30.3 Å². The smallest absolute Gasteiger partial charge is 0.0662 e. The molecule has 1 aromatic rings. The van der Waals surface area contributed by atoms with E-state index in [1.54, 1.807) is 0 Å². The lowest BCUT2D eigenvalue weighted by atomic mass is 10.1. The molecule has 1 aliphatic rings. The fourth-order valence-corrected chi connectivity index (χ4v) is 1.41. The van der Waals surface area contributed by atoms with Gasteiger partial charge in [-0.05, 0) is 12.0 Å². The molecule has 2 atom stereocenters. The molecule has 54 valence electrons. The Morgan fingerprint density at radius 2 is 2.00 bits per heavy atom. The highest BCUT2D eigenvalue weighted by molar-refractivity contribution is 5.28. The molecule has 0 N–H and O–H groups in total. The molecule has 0 unspecified atom stereocenters. The van der Waals surface area contributed by atoms with Gasteiger partial charge in [0.25, 0.3) is 0 Å². The first-order chi connectivity index (χ1) is 5.42. The minimum absolute atomic E-state index is 0.289. The number of nitriles is 1. The third-order valence-corrected chi connectivity index (χ3v) is 2.18. The van der Waals surface area contributed by atoms with Gasteiger partial charge in [0.2, 0.25) is 0 Å². The summed E-state index contributed by atoms with van der Waals surface area (Å²) in [5, 5.41) is 8.59. The molecule has 11 heavy (non-hydrogen) atoms. The summed E-state index contributed by atoms with van der Waals surface area (Å²) in [6.45, 7) is 0. The first-order valence-corrected chi connectivity index (χ1v) is 3.86. The van der Waals surface area contributed by atoms with Crippen molar-refractivity contribution < 1.29 is 0 Å². The molecule has 0 saturated heterocycles. The summed E-state index contributed by atoms with van der Waals surface area (Å²) in [4.78, 5) is 0. The van der Waals surface area contributed by atoms with Crippen molar-refractivity contribution in [2.75, 3.05) is 0 Å². The van der Waals surface area contributed by atoms with Crippen LogP contribution in [0, 0.1) is 17.2 Å². The van der Waals surface area contributed by atoms with Crippen molar-refractivity contribution in [1.82, 2.24) is 0 Å². The quantitative estimate of drug-likeness (QED) is 0.591. The van der Waals surface area contributed by atoms with Gasteiger partial charge < -0.3 is 0 Å². The van der Waals surface area contributed by atoms with E-state index in [9.17, 15) is 0 Å². The summed E-state index contributed by atoms with van der Waals surface area (Å²) in [5.41, 5.74) is 1.32. The van der Waals surface area contributed by atoms with Crippen LogP contribution >= 0.6 is 0 Å². The van der Waals surface area contributed by atoms with E-state index >= 15 is 0 Å². The van der Waals surface area contributed by atoms with Gasteiger partial charge in [0.1, 0.15) is 0 Å². The van der Waals surface area contributed by atoms with Gasteiger partial charge in [-0.2, -0.15) is 5.26 Å². The van der Waals surface area contributed by atoms with E-state index in [1.165, 1.54) is 5.56 Å². The lowest BCUT2D eigenvalue weighted by molar-refractivity contribution is 1.02. The van der Waals surface area contributed by atoms with E-state index in [-0.39, 0.29) is 5.92 Å². The summed E-state index contributed by atoms with van der Waals surface area (Å²) >= 11 is 0. The highest BCUT2D eigenvalue weighted by Crippen LogP contribution is 2.46. The monoisotopic (exact) mass is 143 g/mol. The van der Waals surface area contributed by atoms with Gasteiger partial charge in [-0.25, -0.2) is 0 Å². The van der Waals surface area contributed by atoms with E-state index in [2.05, 4.69) is 18.2 Å². The zero-order valence-corrected chi connectivity index (χ0v) is 6.20. The van der Waals surface area contributed by atoms with Gasteiger partial charge in [-0.15, -0.1) is 0 Å². The Hall–Kier alpha value is -1.29. The SMILES string of the molecule is N#C[C@@H]1C[C@H]1c1ccccc1. The third-order valence-electron chi connectivity index (χ3n) is 2.18. The van der Waals surface area contributed by atoms with Crippen LogP contribution in [0.4, 0.5) is 0 Å². The number of nitrogens with zero attached hydrogens (tertiary/aromatic N) is 1. The predicted octanol–water partition coefficient (Wildman–Crippen LogP) is 2.31. The Morgan fingerprint density at radius 1 is 1.27 bits per heavy atom. The normalized spacial score (nSPS) is 27.5. The topological polar surface area (TPSA) is 23.8 Å². The molecule has 1 saturated carbocycles. The molecule has 1 aromatic carbocycles. The second-order valence-corrected chi connectivity index (χ2v) is 2.99. The van der Waals surface area contributed by atoms with Gasteiger partial charge in [0.15, 0.2) is 0 Å². The van der Waals surface area contributed by atoms with E-state index in [0.29, 0.717) is 5.92 Å². The summed E-state index contributed by atoms with van der Waals surface area (Å²) in [5.74, 6) is 0.818. The van der Waals surface area contributed by atoms with Gasteiger partial charge in [0, 0.05) is 5.92 Å². The minimum atomic E-state index is 0.289. The van der Waals surface area contributed by atoms with Crippen LogP contribution in [0.25, 0.3) is 0 Å². The zero-order chi connectivity index (χ0) is 7.68. The summed E-state index contributed by atoms with van der Waals surface area (Å²) in [6.07, 6.45) is 1.06. The molecule has 0 radical (unpaired) electrons. The second kappa shape index (κ2) is 2.39. The van der Waals surface area contributed by atoms with Gasteiger partial charge in [-0.3, -0.25) is 0 Å². The number of hydrogen-bond acceptors (Lipinski definition) is 1. The highest BCUT2D eigenvalue weighted by Gasteiger charge is 2.38. The lowest BCUT2D eigenvalue weighted by Gasteiger charge is -1.93. The zero-order valence-electron chi connectivity index (χ0n) is 6.20. The Morgan fingerprint density at radius 3 is 2.55 bits per heavy atom. The Kier molecular flexibility index (Phi) is 1.40. The number of hydrogen-bond donors (Lipinski definition) is 0. The molecule has 1 heteroatoms. The molecule has 0 heterocycles. The summed E-state index contributed by atoms with van der Waals surface area (Å²) < 4.78 is 0. The van der Waals surface area contributed by atoms with E-state index < -0.39 is 0 Å². The molecule has 1 fully saturated rings. The maximum absolute atomic E-state index is 8.59. The molecule has 0 amide bonds. The van der Waals surface area contributed by atoms with E-state index in [0.717, 1.165) is 6.42 Å². The van der Waals surface area contributed by atoms with Crippen LogP contribution in [0.3, 0.4) is 0 Å². The standard InChI is InChI=1S/C10H9N/c11-7-9-6-10(9)8-4-2-1-3-5-8/h1-5,9-10H,6H2/t9-,10-/m0/s1. The van der Waals surface area contributed by atoms with Gasteiger partial charge >= 0.3 is 0 Å². The van der Waals surface area contributed by atoms with Crippen molar-refractivity contribution in [1.29, 1.82) is 5.26 Å². The molecule has 0 bridgehead atoms. The maximum Gasteiger partial charge on any atom is 0.0662 e. The third kappa shape index (κ3) is 1.12. The Labute approximate surface area is 66.3 Å².